The van der Waals surface area contributed by atoms with Crippen LogP contribution in [0, 0.1) is 5.41 Å². The number of carbonyl (C=O) groups is 1. The molecule has 1 aromatic carbocycles. The van der Waals surface area contributed by atoms with Crippen molar-refractivity contribution in [3.05, 3.63) is 23.8 Å². The van der Waals surface area contributed by atoms with Crippen LogP contribution in [0.25, 0.3) is 0 Å². The van der Waals surface area contributed by atoms with Gasteiger partial charge in [-0.15, -0.1) is 0 Å². The highest BCUT2D eigenvalue weighted by atomic mass is 16.3. The van der Waals surface area contributed by atoms with Crippen molar-refractivity contribution in [3.8, 4) is 0 Å². The molecule has 5 heteroatoms. The molecule has 0 aromatic heterocycles. The number of benzene rings is 1. The fourth-order valence-electron chi connectivity index (χ4n) is 1.89. The Labute approximate surface area is 120 Å². The average Bonchev–Trinajstić information content (AvgIpc) is 2.36. The van der Waals surface area contributed by atoms with Crippen LogP contribution in [0.4, 0.5) is 11.4 Å². The van der Waals surface area contributed by atoms with E-state index in [1.54, 1.807) is 18.2 Å². The number of anilines is 2. The highest BCUT2D eigenvalue weighted by Crippen LogP contribution is 2.24. The molecule has 0 aliphatic heterocycles. The zero-order valence-corrected chi connectivity index (χ0v) is 12.5. The highest BCUT2D eigenvalue weighted by Gasteiger charge is 2.18. The molecular formula is C15H25N3O2. The Morgan fingerprint density at radius 3 is 2.70 bits per heavy atom. The normalized spacial score (nSPS) is 11.2. The molecular weight excluding hydrogens is 254 g/mol. The molecule has 0 unspecified atom stereocenters. The van der Waals surface area contributed by atoms with Gasteiger partial charge in [0.15, 0.2) is 0 Å². The van der Waals surface area contributed by atoms with Crippen LogP contribution in [0.1, 0.15) is 37.6 Å². The van der Waals surface area contributed by atoms with Gasteiger partial charge in [-0.2, -0.15) is 0 Å². The molecule has 0 saturated heterocycles. The predicted molar refractivity (Wildman–Crippen MR) is 82.8 cm³/mol. The summed E-state index contributed by atoms with van der Waals surface area (Å²) in [5.74, 6) is -0.116. The lowest BCUT2D eigenvalue weighted by molar-refractivity contribution is 0.0956. The number of amides is 1. The monoisotopic (exact) mass is 279 g/mol. The van der Waals surface area contributed by atoms with E-state index in [9.17, 15) is 4.79 Å². The van der Waals surface area contributed by atoms with Crippen LogP contribution >= 0.6 is 0 Å². The number of hydrogen-bond donors (Lipinski definition) is 4. The van der Waals surface area contributed by atoms with Crippen LogP contribution in [0.5, 0.6) is 0 Å². The lowest BCUT2D eigenvalue weighted by Gasteiger charge is -2.25. The molecule has 1 rings (SSSR count). The van der Waals surface area contributed by atoms with Crippen molar-refractivity contribution in [2.24, 2.45) is 5.41 Å². The summed E-state index contributed by atoms with van der Waals surface area (Å²) < 4.78 is 0. The second-order valence-corrected chi connectivity index (χ2v) is 5.66. The molecule has 5 nitrogen and oxygen atoms in total. The number of rotatable bonds is 7. The van der Waals surface area contributed by atoms with Gasteiger partial charge in [0, 0.05) is 31.1 Å². The zero-order chi connectivity index (χ0) is 15.2. The first-order chi connectivity index (χ1) is 9.39. The van der Waals surface area contributed by atoms with Crippen molar-refractivity contribution in [2.75, 3.05) is 30.7 Å². The first kappa shape index (κ1) is 16.3. The third-order valence-electron chi connectivity index (χ3n) is 3.17. The van der Waals surface area contributed by atoms with E-state index in [2.05, 4.69) is 24.5 Å². The summed E-state index contributed by atoms with van der Waals surface area (Å²) in [4.78, 5) is 12.0. The van der Waals surface area contributed by atoms with Gasteiger partial charge in [0.25, 0.3) is 5.91 Å². The summed E-state index contributed by atoms with van der Waals surface area (Å²) in [6.07, 6.45) is 0.693. The molecule has 1 amide bonds. The fraction of sp³-hybridized carbons (Fsp3) is 0.533. The van der Waals surface area contributed by atoms with Crippen molar-refractivity contribution in [1.29, 1.82) is 0 Å². The zero-order valence-electron chi connectivity index (χ0n) is 12.5. The smallest absolute Gasteiger partial charge is 0.253 e. The Bertz CT molecular complexity index is 458. The molecule has 20 heavy (non-hydrogen) atoms. The van der Waals surface area contributed by atoms with E-state index in [1.165, 1.54) is 0 Å². The van der Waals surface area contributed by atoms with Crippen molar-refractivity contribution in [3.63, 3.8) is 0 Å². The molecule has 0 radical (unpaired) electrons. The van der Waals surface area contributed by atoms with Gasteiger partial charge in [-0.3, -0.25) is 4.79 Å². The van der Waals surface area contributed by atoms with Gasteiger partial charge in [-0.25, -0.2) is 0 Å². The minimum Gasteiger partial charge on any atom is -0.399 e. The topological polar surface area (TPSA) is 87.4 Å². The van der Waals surface area contributed by atoms with Gasteiger partial charge >= 0.3 is 0 Å². The van der Waals surface area contributed by atoms with Crippen LogP contribution in [0.3, 0.4) is 0 Å². The first-order valence-electron chi connectivity index (χ1n) is 6.92. The summed E-state index contributed by atoms with van der Waals surface area (Å²) in [6, 6.07) is 5.20. The number of nitrogens with one attached hydrogen (secondary N) is 2. The second-order valence-electron chi connectivity index (χ2n) is 5.66. The van der Waals surface area contributed by atoms with Crippen LogP contribution < -0.4 is 16.4 Å². The Kier molecular flexibility index (Phi) is 5.82. The van der Waals surface area contributed by atoms with Gasteiger partial charge in [-0.1, -0.05) is 13.8 Å². The Morgan fingerprint density at radius 1 is 1.40 bits per heavy atom. The van der Waals surface area contributed by atoms with Gasteiger partial charge in [-0.05, 0) is 37.0 Å². The third kappa shape index (κ3) is 4.74. The molecule has 0 aliphatic carbocycles. The molecule has 112 valence electrons. The molecule has 0 bridgehead atoms. The Hall–Kier alpha value is -1.75. The molecule has 0 spiro atoms. The first-order valence-corrected chi connectivity index (χ1v) is 6.92. The number of aliphatic hydroxyl groups is 1. The van der Waals surface area contributed by atoms with Crippen LogP contribution in [0.2, 0.25) is 0 Å². The maximum absolute atomic E-state index is 12.0. The summed E-state index contributed by atoms with van der Waals surface area (Å²) in [5, 5.41) is 15.1. The molecule has 0 fully saturated rings. The summed E-state index contributed by atoms with van der Waals surface area (Å²) >= 11 is 0. The van der Waals surface area contributed by atoms with E-state index in [4.69, 9.17) is 10.8 Å². The fourth-order valence-corrected chi connectivity index (χ4v) is 1.89. The van der Waals surface area contributed by atoms with E-state index in [-0.39, 0.29) is 17.9 Å². The predicted octanol–water partition coefficient (Wildman–Crippen LogP) is 1.84. The van der Waals surface area contributed by atoms with E-state index >= 15 is 0 Å². The SMILES string of the molecule is CCNC(=O)c1ccc(N)cc1NCC(C)(C)CCO. The van der Waals surface area contributed by atoms with Crippen LogP contribution in [-0.4, -0.2) is 30.7 Å². The van der Waals surface area contributed by atoms with Gasteiger partial charge in [0.05, 0.1) is 5.56 Å². The molecule has 0 heterocycles. The summed E-state index contributed by atoms with van der Waals surface area (Å²) in [5.41, 5.74) is 7.65. The van der Waals surface area contributed by atoms with Crippen molar-refractivity contribution in [1.82, 2.24) is 5.32 Å². The van der Waals surface area contributed by atoms with E-state index < -0.39 is 0 Å². The average molecular weight is 279 g/mol. The minimum atomic E-state index is -0.116. The maximum atomic E-state index is 12.0. The molecule has 0 atom stereocenters. The number of hydrogen-bond acceptors (Lipinski definition) is 4. The van der Waals surface area contributed by atoms with E-state index in [1.807, 2.05) is 6.92 Å². The quantitative estimate of drug-likeness (QED) is 0.574. The highest BCUT2D eigenvalue weighted by molar-refractivity contribution is 6.00. The van der Waals surface area contributed by atoms with Gasteiger partial charge < -0.3 is 21.5 Å². The van der Waals surface area contributed by atoms with Crippen molar-refractivity contribution in [2.45, 2.75) is 27.2 Å². The number of carbonyl (C=O) groups excluding carboxylic acids is 1. The number of nitrogen functional groups attached to an aromatic ring is 1. The van der Waals surface area contributed by atoms with Gasteiger partial charge in [0.2, 0.25) is 0 Å². The number of nitrogens with two attached hydrogens (primary N) is 1. The molecule has 0 aliphatic rings. The van der Waals surface area contributed by atoms with Crippen molar-refractivity contribution >= 4 is 17.3 Å². The van der Waals surface area contributed by atoms with Crippen LogP contribution in [-0.2, 0) is 0 Å². The van der Waals surface area contributed by atoms with E-state index in [0.29, 0.717) is 30.8 Å². The van der Waals surface area contributed by atoms with Gasteiger partial charge in [0.1, 0.15) is 0 Å². The lowest BCUT2D eigenvalue weighted by Crippen LogP contribution is -2.27. The lowest BCUT2D eigenvalue weighted by atomic mass is 9.89. The summed E-state index contributed by atoms with van der Waals surface area (Å²) in [7, 11) is 0. The Balaban J connectivity index is 2.87. The second kappa shape index (κ2) is 7.14. The third-order valence-corrected chi connectivity index (χ3v) is 3.17. The molecule has 5 N–H and O–H groups in total. The maximum Gasteiger partial charge on any atom is 0.253 e. The standard InChI is InChI=1S/C15H25N3O2/c1-4-17-14(20)12-6-5-11(16)9-13(12)18-10-15(2,3)7-8-19/h5-6,9,18-19H,4,7-8,10,16H2,1-3H3,(H,17,20). The summed E-state index contributed by atoms with van der Waals surface area (Å²) in [6.45, 7) is 7.39. The number of aliphatic hydroxyl groups excluding tert-OH is 1. The molecule has 0 saturated carbocycles. The molecule has 1 aromatic rings. The van der Waals surface area contributed by atoms with Crippen LogP contribution in [0.15, 0.2) is 18.2 Å². The van der Waals surface area contributed by atoms with E-state index in [0.717, 1.165) is 5.69 Å². The van der Waals surface area contributed by atoms with Crippen molar-refractivity contribution < 1.29 is 9.90 Å². The Morgan fingerprint density at radius 2 is 2.10 bits per heavy atom. The largest absolute Gasteiger partial charge is 0.399 e. The minimum absolute atomic E-state index is 0.0577.